The molecule has 2 N–H and O–H groups in total. The normalized spacial score (nSPS) is 19.6. The molecule has 1 fully saturated rings. The Hall–Kier alpha value is -2.29. The minimum absolute atomic E-state index is 0.115. The van der Waals surface area contributed by atoms with Crippen LogP contribution in [0.15, 0.2) is 24.3 Å². The van der Waals surface area contributed by atoms with Crippen LogP contribution in [0.25, 0.3) is 0 Å². The number of nitrogens with one attached hydrogen (secondary N) is 2. The van der Waals surface area contributed by atoms with E-state index in [1.165, 1.54) is 17.4 Å². The lowest BCUT2D eigenvalue weighted by molar-refractivity contribution is -0.117. The second-order valence-corrected chi connectivity index (χ2v) is 9.72. The van der Waals surface area contributed by atoms with Crippen molar-refractivity contribution in [2.75, 3.05) is 50.4 Å². The summed E-state index contributed by atoms with van der Waals surface area (Å²) in [6.45, 7) is 6.09. The van der Waals surface area contributed by atoms with Crippen molar-refractivity contribution in [3.63, 3.8) is 0 Å². The number of thiophene rings is 1. The summed E-state index contributed by atoms with van der Waals surface area (Å²) < 4.78 is 14.1. The zero-order valence-electron chi connectivity index (χ0n) is 18.0. The highest BCUT2D eigenvalue weighted by molar-refractivity contribution is 7.17. The Bertz CT molecular complexity index is 968. The molecule has 0 radical (unpaired) electrons. The van der Waals surface area contributed by atoms with Crippen LogP contribution in [0.1, 0.15) is 34.1 Å². The van der Waals surface area contributed by atoms with Crippen molar-refractivity contribution in [3.05, 3.63) is 46.1 Å². The van der Waals surface area contributed by atoms with Gasteiger partial charge in [0.25, 0.3) is 5.91 Å². The number of hydrogen-bond donors (Lipinski definition) is 2. The van der Waals surface area contributed by atoms with E-state index >= 15 is 0 Å². The van der Waals surface area contributed by atoms with Crippen molar-refractivity contribution >= 4 is 33.8 Å². The average molecular weight is 445 g/mol. The number of fused-ring (bicyclic) bond motifs is 1. The molecule has 8 heteroatoms. The van der Waals surface area contributed by atoms with E-state index in [9.17, 15) is 14.0 Å². The van der Waals surface area contributed by atoms with Crippen LogP contribution in [0.5, 0.6) is 0 Å². The molecule has 1 aromatic heterocycles. The molecular weight excluding hydrogens is 415 g/mol. The van der Waals surface area contributed by atoms with Crippen LogP contribution in [0.3, 0.4) is 0 Å². The van der Waals surface area contributed by atoms with Crippen molar-refractivity contribution in [2.24, 2.45) is 5.92 Å². The Kier molecular flexibility index (Phi) is 6.69. The monoisotopic (exact) mass is 444 g/mol. The quantitative estimate of drug-likeness (QED) is 0.742. The first-order valence-electron chi connectivity index (χ1n) is 10.8. The van der Waals surface area contributed by atoms with Crippen LogP contribution < -0.4 is 10.6 Å². The number of rotatable bonds is 5. The summed E-state index contributed by atoms with van der Waals surface area (Å²) in [5, 5.41) is 6.27. The van der Waals surface area contributed by atoms with Gasteiger partial charge < -0.3 is 15.5 Å². The molecule has 4 rings (SSSR count). The Morgan fingerprint density at radius 2 is 1.90 bits per heavy atom. The van der Waals surface area contributed by atoms with E-state index in [1.54, 1.807) is 18.2 Å². The first-order chi connectivity index (χ1) is 14.9. The maximum atomic E-state index is 14.1. The lowest BCUT2D eigenvalue weighted by atomic mass is 9.88. The molecule has 166 valence electrons. The topological polar surface area (TPSA) is 64.7 Å². The molecule has 1 aromatic carbocycles. The fourth-order valence-electron chi connectivity index (χ4n) is 4.20. The molecule has 31 heavy (non-hydrogen) atoms. The Labute approximate surface area is 186 Å². The minimum atomic E-state index is -0.478. The molecule has 2 heterocycles. The average Bonchev–Trinajstić information content (AvgIpc) is 3.08. The number of halogens is 1. The molecule has 0 saturated carbocycles. The molecule has 1 saturated heterocycles. The molecule has 2 aliphatic rings. The second-order valence-electron chi connectivity index (χ2n) is 8.62. The van der Waals surface area contributed by atoms with Crippen LogP contribution in [0, 0.1) is 11.7 Å². The Morgan fingerprint density at radius 3 is 2.65 bits per heavy atom. The first-order valence-corrected chi connectivity index (χ1v) is 11.6. The molecule has 0 spiro atoms. The van der Waals surface area contributed by atoms with Crippen molar-refractivity contribution in [2.45, 2.75) is 26.2 Å². The summed E-state index contributed by atoms with van der Waals surface area (Å²) in [6.07, 6.45) is 2.69. The molecule has 2 amide bonds. The third-order valence-corrected chi connectivity index (χ3v) is 7.25. The van der Waals surface area contributed by atoms with Gasteiger partial charge in [-0.25, -0.2) is 4.39 Å². The lowest BCUT2D eigenvalue weighted by Gasteiger charge is -2.31. The van der Waals surface area contributed by atoms with Crippen molar-refractivity contribution in [1.82, 2.24) is 9.80 Å². The third-order valence-electron chi connectivity index (χ3n) is 6.08. The number of para-hydroxylation sites is 1. The summed E-state index contributed by atoms with van der Waals surface area (Å²) >= 11 is 1.49. The highest BCUT2D eigenvalue weighted by Gasteiger charge is 2.29. The number of nitrogens with zero attached hydrogens (tertiary/aromatic N) is 2. The predicted molar refractivity (Wildman–Crippen MR) is 122 cm³/mol. The zero-order chi connectivity index (χ0) is 22.0. The van der Waals surface area contributed by atoms with Gasteiger partial charge in [0.05, 0.1) is 17.8 Å². The number of piperazine rings is 1. The number of hydrogen-bond acceptors (Lipinski definition) is 5. The number of carbonyl (C=O) groups excluding carboxylic acids is 2. The third kappa shape index (κ3) is 5.14. The maximum absolute atomic E-state index is 14.1. The van der Waals surface area contributed by atoms with Crippen molar-refractivity contribution in [3.8, 4) is 0 Å². The number of carbonyl (C=O) groups is 2. The lowest BCUT2D eigenvalue weighted by Crippen LogP contribution is -2.47. The van der Waals surface area contributed by atoms with Crippen molar-refractivity contribution in [1.29, 1.82) is 0 Å². The fourth-order valence-corrected chi connectivity index (χ4v) is 5.63. The fraction of sp³-hybridized carbons (Fsp3) is 0.478. The van der Waals surface area contributed by atoms with Gasteiger partial charge in [-0.2, -0.15) is 0 Å². The molecule has 0 unspecified atom stereocenters. The number of benzene rings is 1. The van der Waals surface area contributed by atoms with Gasteiger partial charge in [-0.1, -0.05) is 19.1 Å². The number of amides is 2. The first kappa shape index (κ1) is 21.9. The molecule has 2 aromatic rings. The summed E-state index contributed by atoms with van der Waals surface area (Å²) in [4.78, 5) is 31.5. The zero-order valence-corrected chi connectivity index (χ0v) is 18.9. The largest absolute Gasteiger partial charge is 0.319 e. The van der Waals surface area contributed by atoms with E-state index in [2.05, 4.69) is 34.4 Å². The van der Waals surface area contributed by atoms with Crippen LogP contribution >= 0.6 is 11.3 Å². The van der Waals surface area contributed by atoms with Gasteiger partial charge in [-0.15, -0.1) is 11.3 Å². The van der Waals surface area contributed by atoms with Gasteiger partial charge in [0.1, 0.15) is 10.8 Å². The van der Waals surface area contributed by atoms with Gasteiger partial charge in [0.15, 0.2) is 0 Å². The van der Waals surface area contributed by atoms with E-state index < -0.39 is 5.82 Å². The van der Waals surface area contributed by atoms with Gasteiger partial charge in [0.2, 0.25) is 5.91 Å². The van der Waals surface area contributed by atoms with E-state index in [1.807, 2.05) is 0 Å². The summed E-state index contributed by atoms with van der Waals surface area (Å²) in [7, 11) is 2.08. The maximum Gasteiger partial charge on any atom is 0.259 e. The van der Waals surface area contributed by atoms with E-state index in [0.717, 1.165) is 55.9 Å². The second kappa shape index (κ2) is 9.46. The molecule has 1 atom stereocenters. The summed E-state index contributed by atoms with van der Waals surface area (Å²) in [5.41, 5.74) is 1.63. The van der Waals surface area contributed by atoms with Crippen LogP contribution in [0.4, 0.5) is 15.1 Å². The van der Waals surface area contributed by atoms with Crippen molar-refractivity contribution < 1.29 is 14.0 Å². The molecule has 1 aliphatic carbocycles. The SMILES string of the molecule is C[C@@H]1CCc2c(sc(NC(=O)CN3CCN(C)CC3)c2C(=O)Nc2ccccc2F)C1. The standard InChI is InChI=1S/C23H29FN4O2S/c1-15-7-8-16-19(13-15)31-23(26-20(29)14-28-11-9-27(2)10-12-28)21(16)22(30)25-18-6-4-3-5-17(18)24/h3-6,15H,7-14H2,1-2H3,(H,25,30)(H,26,29)/t15-/m1/s1. The Morgan fingerprint density at radius 1 is 1.16 bits per heavy atom. The summed E-state index contributed by atoms with van der Waals surface area (Å²) in [6, 6.07) is 6.13. The van der Waals surface area contributed by atoms with Gasteiger partial charge >= 0.3 is 0 Å². The minimum Gasteiger partial charge on any atom is -0.319 e. The van der Waals surface area contributed by atoms with Crippen LogP contribution in [-0.4, -0.2) is 61.4 Å². The highest BCUT2D eigenvalue weighted by Crippen LogP contribution is 2.40. The van der Waals surface area contributed by atoms with Gasteiger partial charge in [0, 0.05) is 31.1 Å². The van der Waals surface area contributed by atoms with Gasteiger partial charge in [-0.05, 0) is 49.9 Å². The van der Waals surface area contributed by atoms with E-state index in [-0.39, 0.29) is 17.5 Å². The number of likely N-dealkylation sites (N-methyl/N-ethyl adjacent to an activating group) is 1. The molecule has 1 aliphatic heterocycles. The molecule has 0 bridgehead atoms. The van der Waals surface area contributed by atoms with Crippen LogP contribution in [0.2, 0.25) is 0 Å². The van der Waals surface area contributed by atoms with E-state index in [0.29, 0.717) is 23.0 Å². The van der Waals surface area contributed by atoms with Gasteiger partial charge in [-0.3, -0.25) is 14.5 Å². The predicted octanol–water partition coefficient (Wildman–Crippen LogP) is 3.45. The summed E-state index contributed by atoms with van der Waals surface area (Å²) in [5.74, 6) is -0.417. The number of anilines is 2. The molecular formula is C23H29FN4O2S. The van der Waals surface area contributed by atoms with E-state index in [4.69, 9.17) is 0 Å². The smallest absolute Gasteiger partial charge is 0.259 e. The Balaban J connectivity index is 1.54. The molecule has 6 nitrogen and oxygen atoms in total. The highest BCUT2D eigenvalue weighted by atomic mass is 32.1. The van der Waals surface area contributed by atoms with Crippen LogP contribution in [-0.2, 0) is 17.6 Å².